The average Bonchev–Trinajstić information content (AvgIpc) is 2.37. The summed E-state index contributed by atoms with van der Waals surface area (Å²) < 4.78 is 26.5. The fraction of sp³-hybridized carbons (Fsp3) is 0.571. The van der Waals surface area contributed by atoms with E-state index in [0.29, 0.717) is 5.56 Å². The van der Waals surface area contributed by atoms with Gasteiger partial charge in [-0.05, 0) is 44.9 Å². The standard InChI is InChI=1S/C14H23NO3S/c1-6-14(3,4)15(5)19(17,18)13-9-7-8-12(10-13)11(2)16/h7-11,16H,6H2,1-5H3. The van der Waals surface area contributed by atoms with E-state index in [1.165, 1.54) is 10.4 Å². The molecule has 1 aromatic carbocycles. The van der Waals surface area contributed by atoms with Crippen molar-refractivity contribution in [3.05, 3.63) is 29.8 Å². The molecular weight excluding hydrogens is 262 g/mol. The Morgan fingerprint density at radius 3 is 2.42 bits per heavy atom. The summed E-state index contributed by atoms with van der Waals surface area (Å²) in [5.41, 5.74) is 0.156. The maximum Gasteiger partial charge on any atom is 0.243 e. The Labute approximate surface area is 116 Å². The third-order valence-electron chi connectivity index (χ3n) is 3.72. The highest BCUT2D eigenvalue weighted by molar-refractivity contribution is 7.89. The third kappa shape index (κ3) is 3.35. The summed E-state index contributed by atoms with van der Waals surface area (Å²) >= 11 is 0. The van der Waals surface area contributed by atoms with Crippen LogP contribution >= 0.6 is 0 Å². The molecule has 1 unspecified atom stereocenters. The van der Waals surface area contributed by atoms with Crippen LogP contribution in [0, 0.1) is 0 Å². The minimum absolute atomic E-state index is 0.218. The minimum Gasteiger partial charge on any atom is -0.389 e. The van der Waals surface area contributed by atoms with Gasteiger partial charge in [0.25, 0.3) is 0 Å². The van der Waals surface area contributed by atoms with Gasteiger partial charge < -0.3 is 5.11 Å². The van der Waals surface area contributed by atoms with E-state index in [0.717, 1.165) is 6.42 Å². The zero-order valence-corrected chi connectivity index (χ0v) is 13.0. The van der Waals surface area contributed by atoms with Gasteiger partial charge in [0, 0.05) is 12.6 Å². The van der Waals surface area contributed by atoms with E-state index in [4.69, 9.17) is 0 Å². The minimum atomic E-state index is -3.54. The summed E-state index contributed by atoms with van der Waals surface area (Å²) in [5.74, 6) is 0. The lowest BCUT2D eigenvalue weighted by Gasteiger charge is -2.33. The summed E-state index contributed by atoms with van der Waals surface area (Å²) in [7, 11) is -1.95. The van der Waals surface area contributed by atoms with Crippen molar-refractivity contribution in [1.29, 1.82) is 0 Å². The maximum atomic E-state index is 12.6. The predicted molar refractivity (Wildman–Crippen MR) is 76.4 cm³/mol. The Morgan fingerprint density at radius 1 is 1.37 bits per heavy atom. The molecule has 0 bridgehead atoms. The van der Waals surface area contributed by atoms with E-state index in [1.807, 2.05) is 20.8 Å². The molecule has 0 amide bonds. The van der Waals surface area contributed by atoms with Gasteiger partial charge in [0.1, 0.15) is 0 Å². The van der Waals surface area contributed by atoms with E-state index in [1.54, 1.807) is 32.2 Å². The van der Waals surface area contributed by atoms with Crippen LogP contribution in [-0.4, -0.2) is 30.4 Å². The van der Waals surface area contributed by atoms with Crippen molar-refractivity contribution in [2.75, 3.05) is 7.05 Å². The van der Waals surface area contributed by atoms with Gasteiger partial charge in [-0.2, -0.15) is 4.31 Å². The Kier molecular flexibility index (Phi) is 4.76. The van der Waals surface area contributed by atoms with Crippen LogP contribution in [-0.2, 0) is 10.0 Å². The zero-order chi connectivity index (χ0) is 14.8. The lowest BCUT2D eigenvalue weighted by Crippen LogP contribution is -2.44. The second kappa shape index (κ2) is 5.61. The van der Waals surface area contributed by atoms with Crippen LogP contribution in [0.4, 0.5) is 0 Å². The van der Waals surface area contributed by atoms with Crippen molar-refractivity contribution >= 4 is 10.0 Å². The average molecular weight is 285 g/mol. The number of nitrogens with zero attached hydrogens (tertiary/aromatic N) is 1. The van der Waals surface area contributed by atoms with Gasteiger partial charge in [-0.3, -0.25) is 0 Å². The Morgan fingerprint density at radius 2 is 1.95 bits per heavy atom. The molecule has 1 aromatic rings. The molecule has 108 valence electrons. The molecule has 0 heterocycles. The highest BCUT2D eigenvalue weighted by Crippen LogP contribution is 2.26. The monoisotopic (exact) mass is 285 g/mol. The van der Waals surface area contributed by atoms with Crippen LogP contribution in [0.5, 0.6) is 0 Å². The van der Waals surface area contributed by atoms with Gasteiger partial charge in [-0.15, -0.1) is 0 Å². The van der Waals surface area contributed by atoms with Crippen molar-refractivity contribution < 1.29 is 13.5 Å². The van der Waals surface area contributed by atoms with Crippen LogP contribution in [0.25, 0.3) is 0 Å². The molecule has 1 atom stereocenters. The highest BCUT2D eigenvalue weighted by Gasteiger charge is 2.32. The molecule has 5 heteroatoms. The summed E-state index contributed by atoms with van der Waals surface area (Å²) in [6.45, 7) is 7.36. The van der Waals surface area contributed by atoms with Crippen LogP contribution in [0.3, 0.4) is 0 Å². The molecule has 19 heavy (non-hydrogen) atoms. The van der Waals surface area contributed by atoms with Crippen molar-refractivity contribution in [2.24, 2.45) is 0 Å². The predicted octanol–water partition coefficient (Wildman–Crippen LogP) is 2.55. The van der Waals surface area contributed by atoms with E-state index in [2.05, 4.69) is 0 Å². The van der Waals surface area contributed by atoms with Crippen molar-refractivity contribution in [3.8, 4) is 0 Å². The van der Waals surface area contributed by atoms with Crippen LogP contribution in [0.2, 0.25) is 0 Å². The smallest absolute Gasteiger partial charge is 0.243 e. The summed E-state index contributed by atoms with van der Waals surface area (Å²) in [4.78, 5) is 0.218. The van der Waals surface area contributed by atoms with Crippen molar-refractivity contribution in [1.82, 2.24) is 4.31 Å². The molecule has 1 rings (SSSR count). The van der Waals surface area contributed by atoms with Gasteiger partial charge >= 0.3 is 0 Å². The molecule has 0 aromatic heterocycles. The van der Waals surface area contributed by atoms with Crippen molar-refractivity contribution in [3.63, 3.8) is 0 Å². The summed E-state index contributed by atoms with van der Waals surface area (Å²) in [5, 5.41) is 9.55. The third-order valence-corrected chi connectivity index (χ3v) is 5.78. The van der Waals surface area contributed by atoms with E-state index >= 15 is 0 Å². The van der Waals surface area contributed by atoms with Crippen molar-refractivity contribution in [2.45, 2.75) is 50.7 Å². The SMILES string of the molecule is CCC(C)(C)N(C)S(=O)(=O)c1cccc(C(C)O)c1. The largest absolute Gasteiger partial charge is 0.389 e. The summed E-state index contributed by atoms with van der Waals surface area (Å²) in [6, 6.07) is 6.46. The molecule has 0 radical (unpaired) electrons. The first-order valence-electron chi connectivity index (χ1n) is 6.40. The van der Waals surface area contributed by atoms with Crippen LogP contribution in [0.1, 0.15) is 45.8 Å². The second-order valence-electron chi connectivity index (χ2n) is 5.39. The summed E-state index contributed by atoms with van der Waals surface area (Å²) in [6.07, 6.45) is 0.0402. The van der Waals surface area contributed by atoms with E-state index in [-0.39, 0.29) is 4.90 Å². The molecule has 0 fully saturated rings. The lowest BCUT2D eigenvalue weighted by atomic mass is 10.0. The molecule has 0 aliphatic rings. The molecule has 0 aliphatic heterocycles. The van der Waals surface area contributed by atoms with Gasteiger partial charge in [-0.1, -0.05) is 19.1 Å². The zero-order valence-electron chi connectivity index (χ0n) is 12.2. The quantitative estimate of drug-likeness (QED) is 0.904. The Balaban J connectivity index is 3.24. The first-order chi connectivity index (χ1) is 8.63. The van der Waals surface area contributed by atoms with Gasteiger partial charge in [-0.25, -0.2) is 8.42 Å². The molecular formula is C14H23NO3S. The fourth-order valence-electron chi connectivity index (χ4n) is 1.64. The van der Waals surface area contributed by atoms with E-state index < -0.39 is 21.7 Å². The molecule has 0 spiro atoms. The van der Waals surface area contributed by atoms with E-state index in [9.17, 15) is 13.5 Å². The van der Waals surface area contributed by atoms with Gasteiger partial charge in [0.15, 0.2) is 0 Å². The molecule has 4 nitrogen and oxygen atoms in total. The first kappa shape index (κ1) is 16.1. The topological polar surface area (TPSA) is 57.6 Å². The number of sulfonamides is 1. The van der Waals surface area contributed by atoms with Gasteiger partial charge in [0.2, 0.25) is 10.0 Å². The Hall–Kier alpha value is -0.910. The molecule has 0 aliphatic carbocycles. The van der Waals surface area contributed by atoms with Gasteiger partial charge in [0.05, 0.1) is 11.0 Å². The maximum absolute atomic E-state index is 12.6. The fourth-order valence-corrected chi connectivity index (χ4v) is 3.27. The normalized spacial score (nSPS) is 14.7. The van der Waals surface area contributed by atoms with Crippen LogP contribution < -0.4 is 0 Å². The number of rotatable bonds is 5. The van der Waals surface area contributed by atoms with Crippen LogP contribution in [0.15, 0.2) is 29.2 Å². The molecule has 1 N–H and O–H groups in total. The lowest BCUT2D eigenvalue weighted by molar-refractivity contribution is 0.199. The second-order valence-corrected chi connectivity index (χ2v) is 7.36. The number of aliphatic hydroxyl groups excluding tert-OH is 1. The number of hydrogen-bond donors (Lipinski definition) is 1. The number of aliphatic hydroxyl groups is 1. The first-order valence-corrected chi connectivity index (χ1v) is 7.84. The molecule has 0 saturated heterocycles. The number of benzene rings is 1. The highest BCUT2D eigenvalue weighted by atomic mass is 32.2. The number of hydrogen-bond acceptors (Lipinski definition) is 3. The molecule has 0 saturated carbocycles. The Bertz CT molecular complexity index is 535.